The number of carbonyl (C=O) groups excluding carboxylic acids is 1. The molecular weight excluding hydrogens is 386 g/mol. The molecule has 3 rings (SSSR count). The van der Waals surface area contributed by atoms with E-state index in [1.165, 1.54) is 24.3 Å². The van der Waals surface area contributed by atoms with E-state index in [2.05, 4.69) is 0 Å². The lowest BCUT2D eigenvalue weighted by molar-refractivity contribution is -0.117. The number of anilines is 1. The van der Waals surface area contributed by atoms with Gasteiger partial charge in [-0.15, -0.1) is 0 Å². The Morgan fingerprint density at radius 1 is 1.11 bits per heavy atom. The van der Waals surface area contributed by atoms with Crippen LogP contribution >= 0.6 is 0 Å². The minimum atomic E-state index is -3.60. The Balaban J connectivity index is 1.58. The minimum Gasteiger partial charge on any atom is -0.493 e. The Kier molecular flexibility index (Phi) is 5.55. The lowest BCUT2D eigenvalue weighted by Gasteiger charge is -2.17. The van der Waals surface area contributed by atoms with Crippen molar-refractivity contribution in [1.82, 2.24) is 0 Å². The average Bonchev–Trinajstić information content (AvgIpc) is 3.00. The summed E-state index contributed by atoms with van der Waals surface area (Å²) in [6, 6.07) is 12.3. The molecule has 1 aliphatic rings. The monoisotopic (exact) mass is 405 g/mol. The second-order valence-electron chi connectivity index (χ2n) is 6.50. The van der Waals surface area contributed by atoms with E-state index in [1.54, 1.807) is 29.2 Å². The first kappa shape index (κ1) is 19.7. The predicted molar refractivity (Wildman–Crippen MR) is 101 cm³/mol. The molecule has 148 valence electrons. The van der Waals surface area contributed by atoms with Crippen molar-refractivity contribution < 1.29 is 32.0 Å². The van der Waals surface area contributed by atoms with Gasteiger partial charge in [-0.2, -0.15) is 8.42 Å². The standard InChI is InChI=1S/C19H19NO7S/c1-28(24,25)27-17-8-4-15(5-9-17)20-11-13(10-18(20)21)12-26-16-6-2-14(3-7-16)19(22)23/h2-9,13H,10-12H2,1H3,(H,22,23). The van der Waals surface area contributed by atoms with Crippen molar-refractivity contribution in [2.24, 2.45) is 5.92 Å². The Bertz CT molecular complexity index is 968. The van der Waals surface area contributed by atoms with Gasteiger partial charge in [-0.25, -0.2) is 4.79 Å². The third kappa shape index (κ3) is 5.01. The van der Waals surface area contributed by atoms with E-state index >= 15 is 0 Å². The maximum absolute atomic E-state index is 12.3. The van der Waals surface area contributed by atoms with Gasteiger partial charge in [-0.05, 0) is 48.5 Å². The average molecular weight is 405 g/mol. The summed E-state index contributed by atoms with van der Waals surface area (Å²) < 4.78 is 32.8. The van der Waals surface area contributed by atoms with Crippen LogP contribution in [-0.2, 0) is 14.9 Å². The Hall–Kier alpha value is -3.07. The van der Waals surface area contributed by atoms with Gasteiger partial charge in [-0.1, -0.05) is 0 Å². The number of hydrogen-bond donors (Lipinski definition) is 1. The summed E-state index contributed by atoms with van der Waals surface area (Å²) in [6.07, 6.45) is 1.29. The molecule has 0 saturated carbocycles. The van der Waals surface area contributed by atoms with Crippen LogP contribution in [0.15, 0.2) is 48.5 Å². The van der Waals surface area contributed by atoms with Crippen LogP contribution in [0.2, 0.25) is 0 Å². The molecule has 28 heavy (non-hydrogen) atoms. The second kappa shape index (κ2) is 7.89. The molecule has 2 aromatic carbocycles. The van der Waals surface area contributed by atoms with Gasteiger partial charge in [0.05, 0.1) is 18.4 Å². The summed E-state index contributed by atoms with van der Waals surface area (Å²) >= 11 is 0. The summed E-state index contributed by atoms with van der Waals surface area (Å²) in [5, 5.41) is 8.90. The predicted octanol–water partition coefficient (Wildman–Crippen LogP) is 2.16. The molecule has 1 unspecified atom stereocenters. The van der Waals surface area contributed by atoms with Crippen molar-refractivity contribution in [3.63, 3.8) is 0 Å². The zero-order chi connectivity index (χ0) is 20.3. The molecule has 1 N–H and O–H groups in total. The van der Waals surface area contributed by atoms with Crippen molar-refractivity contribution in [3.8, 4) is 11.5 Å². The first-order valence-corrected chi connectivity index (χ1v) is 10.3. The Morgan fingerprint density at radius 3 is 2.29 bits per heavy atom. The van der Waals surface area contributed by atoms with Crippen molar-refractivity contribution in [2.75, 3.05) is 24.3 Å². The normalized spacial score (nSPS) is 16.8. The first-order valence-electron chi connectivity index (χ1n) is 8.47. The van der Waals surface area contributed by atoms with Gasteiger partial charge in [0, 0.05) is 24.6 Å². The summed E-state index contributed by atoms with van der Waals surface area (Å²) in [5.41, 5.74) is 0.831. The maximum atomic E-state index is 12.3. The number of carboxylic acids is 1. The zero-order valence-electron chi connectivity index (χ0n) is 15.1. The van der Waals surface area contributed by atoms with Gasteiger partial charge >= 0.3 is 16.1 Å². The van der Waals surface area contributed by atoms with Crippen molar-refractivity contribution in [2.45, 2.75) is 6.42 Å². The molecule has 1 amide bonds. The first-order chi connectivity index (χ1) is 13.2. The van der Waals surface area contributed by atoms with Gasteiger partial charge < -0.3 is 18.9 Å². The van der Waals surface area contributed by atoms with Gasteiger partial charge in [-0.3, -0.25) is 4.79 Å². The largest absolute Gasteiger partial charge is 0.493 e. The van der Waals surface area contributed by atoms with Crippen LogP contribution < -0.4 is 13.8 Å². The van der Waals surface area contributed by atoms with E-state index in [0.717, 1.165) is 6.26 Å². The molecule has 0 aliphatic carbocycles. The number of benzene rings is 2. The maximum Gasteiger partial charge on any atom is 0.335 e. The highest BCUT2D eigenvalue weighted by molar-refractivity contribution is 7.86. The summed E-state index contributed by atoms with van der Waals surface area (Å²) in [6.45, 7) is 0.794. The lowest BCUT2D eigenvalue weighted by Crippen LogP contribution is -2.25. The van der Waals surface area contributed by atoms with E-state index in [-0.39, 0.29) is 23.1 Å². The van der Waals surface area contributed by atoms with E-state index < -0.39 is 16.1 Å². The van der Waals surface area contributed by atoms with Crippen LogP contribution in [0.1, 0.15) is 16.8 Å². The van der Waals surface area contributed by atoms with Gasteiger partial charge in [0.25, 0.3) is 0 Å². The van der Waals surface area contributed by atoms with Gasteiger partial charge in [0.15, 0.2) is 0 Å². The van der Waals surface area contributed by atoms with Crippen molar-refractivity contribution in [1.29, 1.82) is 0 Å². The smallest absolute Gasteiger partial charge is 0.335 e. The van der Waals surface area contributed by atoms with Crippen LogP contribution in [-0.4, -0.2) is 44.8 Å². The van der Waals surface area contributed by atoms with Gasteiger partial charge in [0.2, 0.25) is 5.91 Å². The molecule has 8 nitrogen and oxygen atoms in total. The number of aromatic carboxylic acids is 1. The SMILES string of the molecule is CS(=O)(=O)Oc1ccc(N2CC(COc3ccc(C(=O)O)cc3)CC2=O)cc1. The van der Waals surface area contributed by atoms with E-state index in [0.29, 0.717) is 31.0 Å². The van der Waals surface area contributed by atoms with Crippen molar-refractivity contribution in [3.05, 3.63) is 54.1 Å². The molecular formula is C19H19NO7S. The highest BCUT2D eigenvalue weighted by atomic mass is 32.2. The fourth-order valence-electron chi connectivity index (χ4n) is 2.91. The summed E-state index contributed by atoms with van der Waals surface area (Å²) in [5.74, 6) is -0.345. The number of hydrogen-bond acceptors (Lipinski definition) is 6. The van der Waals surface area contributed by atoms with E-state index in [9.17, 15) is 18.0 Å². The molecule has 2 aromatic rings. The minimum absolute atomic E-state index is 0.0152. The zero-order valence-corrected chi connectivity index (χ0v) is 15.9. The van der Waals surface area contributed by atoms with Crippen molar-refractivity contribution >= 4 is 27.7 Å². The second-order valence-corrected chi connectivity index (χ2v) is 8.07. The van der Waals surface area contributed by atoms with Crippen LogP contribution in [0.5, 0.6) is 11.5 Å². The number of carbonyl (C=O) groups is 2. The Morgan fingerprint density at radius 2 is 1.71 bits per heavy atom. The topological polar surface area (TPSA) is 110 Å². The molecule has 0 radical (unpaired) electrons. The van der Waals surface area contributed by atoms with Crippen LogP contribution in [0, 0.1) is 5.92 Å². The van der Waals surface area contributed by atoms with Crippen LogP contribution in [0.4, 0.5) is 5.69 Å². The van der Waals surface area contributed by atoms with E-state index in [1.807, 2.05) is 0 Å². The number of carboxylic acid groups (broad SMARTS) is 1. The number of nitrogens with zero attached hydrogens (tertiary/aromatic N) is 1. The highest BCUT2D eigenvalue weighted by Gasteiger charge is 2.31. The molecule has 1 fully saturated rings. The van der Waals surface area contributed by atoms with Crippen LogP contribution in [0.3, 0.4) is 0 Å². The molecule has 1 saturated heterocycles. The third-order valence-corrected chi connectivity index (χ3v) is 4.68. The lowest BCUT2D eigenvalue weighted by atomic mass is 10.1. The molecule has 0 aromatic heterocycles. The fourth-order valence-corrected chi connectivity index (χ4v) is 3.37. The number of amides is 1. The molecule has 0 bridgehead atoms. The fraction of sp³-hybridized carbons (Fsp3) is 0.263. The van der Waals surface area contributed by atoms with E-state index in [4.69, 9.17) is 14.0 Å². The summed E-state index contributed by atoms with van der Waals surface area (Å²) in [7, 11) is -3.60. The summed E-state index contributed by atoms with van der Waals surface area (Å²) in [4.78, 5) is 24.8. The third-order valence-electron chi connectivity index (χ3n) is 4.19. The molecule has 1 atom stereocenters. The van der Waals surface area contributed by atoms with Crippen LogP contribution in [0.25, 0.3) is 0 Å². The number of rotatable bonds is 7. The quantitative estimate of drug-likeness (QED) is 0.703. The molecule has 1 aliphatic heterocycles. The molecule has 1 heterocycles. The molecule has 9 heteroatoms. The number of ether oxygens (including phenoxy) is 1. The van der Waals surface area contributed by atoms with Gasteiger partial charge in [0.1, 0.15) is 11.5 Å². The molecule has 0 spiro atoms. The Labute approximate surface area is 162 Å². The highest BCUT2D eigenvalue weighted by Crippen LogP contribution is 2.27.